The number of likely N-dealkylation sites (tertiary alicyclic amines) is 1. The van der Waals surface area contributed by atoms with Crippen LogP contribution in [0.15, 0.2) is 12.1 Å². The highest BCUT2D eigenvalue weighted by Crippen LogP contribution is 2.28. The molecule has 0 bridgehead atoms. The van der Waals surface area contributed by atoms with E-state index in [1.807, 2.05) is 13.0 Å². The lowest BCUT2D eigenvalue weighted by Gasteiger charge is -2.33. The molecule has 0 aliphatic carbocycles. The first-order valence-electron chi connectivity index (χ1n) is 8.72. The van der Waals surface area contributed by atoms with Crippen molar-refractivity contribution in [2.45, 2.75) is 58.4 Å². The number of halogens is 1. The number of nitrogens with one attached hydrogen (secondary N) is 1. The maximum Gasteiger partial charge on any atom is 0.413 e. The number of anilines is 1. The molecule has 0 spiro atoms. The number of alkyl halides is 1. The Morgan fingerprint density at radius 1 is 1.35 bits per heavy atom. The monoisotopic (exact) mass is 364 g/mol. The molecule has 1 aliphatic rings. The Labute approximate surface area is 154 Å². The molecule has 1 aliphatic heterocycles. The summed E-state index contributed by atoms with van der Waals surface area (Å²) in [6, 6.07) is 3.70. The van der Waals surface area contributed by atoms with Crippen LogP contribution in [0.2, 0.25) is 0 Å². The van der Waals surface area contributed by atoms with Crippen LogP contribution in [-0.2, 0) is 16.1 Å². The van der Waals surface area contributed by atoms with Gasteiger partial charge in [-0.2, -0.15) is 0 Å². The second kappa shape index (κ2) is 7.61. The van der Waals surface area contributed by atoms with Crippen molar-refractivity contribution in [1.82, 2.24) is 9.88 Å². The predicted octanol–water partition coefficient (Wildman–Crippen LogP) is 3.44. The summed E-state index contributed by atoms with van der Waals surface area (Å²) in [6.45, 7) is 12.0. The molecule has 1 aromatic heterocycles. The van der Waals surface area contributed by atoms with Crippen molar-refractivity contribution in [3.63, 3.8) is 0 Å². The van der Waals surface area contributed by atoms with E-state index in [4.69, 9.17) is 4.74 Å². The first-order chi connectivity index (χ1) is 12.0. The van der Waals surface area contributed by atoms with Crippen molar-refractivity contribution in [2.24, 2.45) is 0 Å². The van der Waals surface area contributed by atoms with Crippen LogP contribution in [0.4, 0.5) is 15.0 Å². The van der Waals surface area contributed by atoms with Crippen LogP contribution >= 0.6 is 0 Å². The van der Waals surface area contributed by atoms with E-state index in [9.17, 15) is 14.0 Å². The fourth-order valence-electron chi connectivity index (χ4n) is 2.91. The molecule has 142 valence electrons. The summed E-state index contributed by atoms with van der Waals surface area (Å²) < 4.78 is 19.5. The summed E-state index contributed by atoms with van der Waals surface area (Å²) in [5.74, 6) is -0.222. The molecule has 0 unspecified atom stereocenters. The molecular formula is C19H27FN3O3+. The fourth-order valence-corrected chi connectivity index (χ4v) is 2.91. The number of hydrogen-bond acceptors (Lipinski definition) is 5. The van der Waals surface area contributed by atoms with Gasteiger partial charge in [0.05, 0.1) is 0 Å². The normalized spacial score (nSPS) is 17.6. The molecule has 0 saturated carbocycles. The van der Waals surface area contributed by atoms with Crippen molar-refractivity contribution in [3.05, 3.63) is 30.3 Å². The standard InChI is InChI=1S/C19H26FN3O3/c1-13-10-15(11-16(21-13)22-17(25)26-18(3,4)5)12-23-8-6-19(20,7-9-23)14(2)24/h10-11H,2,6-9,12H2,1,3-5H3/p+1. The van der Waals surface area contributed by atoms with Crippen LogP contribution in [0.25, 0.3) is 0 Å². The van der Waals surface area contributed by atoms with E-state index in [0.717, 1.165) is 11.3 Å². The number of ketones is 1. The molecule has 1 saturated heterocycles. The second-order valence-corrected chi connectivity index (χ2v) is 7.79. The first kappa shape index (κ1) is 20.2. The maximum absolute atomic E-state index is 14.3. The van der Waals surface area contributed by atoms with Crippen molar-refractivity contribution in [1.29, 1.82) is 0 Å². The maximum atomic E-state index is 14.3. The summed E-state index contributed by atoms with van der Waals surface area (Å²) in [5.41, 5.74) is -0.669. The summed E-state index contributed by atoms with van der Waals surface area (Å²) >= 11 is 0. The Bertz CT molecular complexity index is 677. The molecule has 7 heteroatoms. The smallest absolute Gasteiger partial charge is 0.413 e. The van der Waals surface area contributed by atoms with Crippen LogP contribution in [0.5, 0.6) is 0 Å². The minimum Gasteiger partial charge on any atom is -0.444 e. The Kier molecular flexibility index (Phi) is 5.91. The van der Waals surface area contributed by atoms with Crippen molar-refractivity contribution in [2.75, 3.05) is 18.4 Å². The number of Topliss-reactive ketones (excluding diaryl/α,β-unsaturated/α-hetero) is 1. The molecule has 0 atom stereocenters. The van der Waals surface area contributed by atoms with E-state index in [1.165, 1.54) is 0 Å². The number of rotatable bonds is 4. The minimum absolute atomic E-state index is 0.155. The molecular weight excluding hydrogens is 337 g/mol. The lowest BCUT2D eigenvalue weighted by molar-refractivity contribution is -0.129. The number of hydrogen-bond donors (Lipinski definition) is 1. The number of piperidine rings is 1. The predicted molar refractivity (Wildman–Crippen MR) is 97.5 cm³/mol. The molecule has 0 radical (unpaired) electrons. The lowest BCUT2D eigenvalue weighted by Crippen LogP contribution is -2.45. The summed E-state index contributed by atoms with van der Waals surface area (Å²) in [7, 11) is 0. The SMILES string of the molecule is [CH2+]C(=O)C1(F)CCN(Cc2cc(C)nc(NC(=O)OC(C)(C)C)c2)CC1. The number of aryl methyl sites for hydroxylation is 1. The van der Waals surface area contributed by atoms with Gasteiger partial charge in [-0.15, -0.1) is 0 Å². The van der Waals surface area contributed by atoms with Gasteiger partial charge in [0.2, 0.25) is 5.67 Å². The van der Waals surface area contributed by atoms with Crippen molar-refractivity contribution in [3.8, 4) is 0 Å². The van der Waals surface area contributed by atoms with Gasteiger partial charge in [0, 0.05) is 38.2 Å². The number of carbonyl (C=O) groups excluding carboxylic acids is 2. The summed E-state index contributed by atoms with van der Waals surface area (Å²) in [6.07, 6.45) is -0.249. The number of amides is 1. The highest BCUT2D eigenvalue weighted by atomic mass is 19.1. The van der Waals surface area contributed by atoms with Crippen molar-refractivity contribution >= 4 is 17.7 Å². The first-order valence-corrected chi connectivity index (χ1v) is 8.72. The van der Waals surface area contributed by atoms with E-state index in [1.54, 1.807) is 26.8 Å². The van der Waals surface area contributed by atoms with E-state index in [0.29, 0.717) is 25.5 Å². The van der Waals surface area contributed by atoms with Gasteiger partial charge in [0.25, 0.3) is 0 Å². The van der Waals surface area contributed by atoms with E-state index < -0.39 is 23.1 Å². The topological polar surface area (TPSA) is 71.5 Å². The van der Waals surface area contributed by atoms with Gasteiger partial charge < -0.3 is 4.74 Å². The Hall–Kier alpha value is -2.15. The van der Waals surface area contributed by atoms with Gasteiger partial charge in [-0.05, 0) is 45.4 Å². The zero-order valence-electron chi connectivity index (χ0n) is 15.9. The second-order valence-electron chi connectivity index (χ2n) is 7.79. The highest BCUT2D eigenvalue weighted by Gasteiger charge is 2.43. The third kappa shape index (κ3) is 5.69. The van der Waals surface area contributed by atoms with E-state index in [2.05, 4.69) is 22.1 Å². The van der Waals surface area contributed by atoms with Crippen LogP contribution in [0.1, 0.15) is 44.9 Å². The Balaban J connectivity index is 2.00. The highest BCUT2D eigenvalue weighted by molar-refractivity contribution is 5.90. The number of aromatic nitrogens is 1. The number of ether oxygens (including phenoxy) is 1. The zero-order valence-corrected chi connectivity index (χ0v) is 15.9. The fraction of sp³-hybridized carbons (Fsp3) is 0.579. The van der Waals surface area contributed by atoms with Gasteiger partial charge in [0.1, 0.15) is 18.3 Å². The Morgan fingerprint density at radius 3 is 2.50 bits per heavy atom. The number of nitrogens with zero attached hydrogens (tertiary/aromatic N) is 2. The molecule has 1 aromatic rings. The molecule has 2 rings (SSSR count). The third-order valence-electron chi connectivity index (χ3n) is 4.20. The van der Waals surface area contributed by atoms with Crippen LogP contribution in [0, 0.1) is 13.8 Å². The quantitative estimate of drug-likeness (QED) is 0.829. The molecule has 26 heavy (non-hydrogen) atoms. The van der Waals surface area contributed by atoms with Gasteiger partial charge >= 0.3 is 11.9 Å². The van der Waals surface area contributed by atoms with E-state index in [-0.39, 0.29) is 12.8 Å². The molecule has 0 aromatic carbocycles. The van der Waals surface area contributed by atoms with Gasteiger partial charge in [-0.1, -0.05) is 0 Å². The van der Waals surface area contributed by atoms with Gasteiger partial charge in [-0.3, -0.25) is 10.2 Å². The largest absolute Gasteiger partial charge is 0.444 e. The number of carbonyl (C=O) groups is 2. The molecule has 1 fully saturated rings. The third-order valence-corrected chi connectivity index (χ3v) is 4.20. The van der Waals surface area contributed by atoms with Gasteiger partial charge in [0.15, 0.2) is 0 Å². The number of pyridine rings is 1. The average molecular weight is 364 g/mol. The van der Waals surface area contributed by atoms with Crippen LogP contribution in [-0.4, -0.2) is 46.1 Å². The Morgan fingerprint density at radius 2 is 1.96 bits per heavy atom. The summed E-state index contributed by atoms with van der Waals surface area (Å²) in [4.78, 5) is 29.6. The minimum atomic E-state index is -1.80. The molecule has 6 nitrogen and oxygen atoms in total. The summed E-state index contributed by atoms with van der Waals surface area (Å²) in [5, 5.41) is 2.64. The van der Waals surface area contributed by atoms with Crippen LogP contribution in [0.3, 0.4) is 0 Å². The molecule has 1 N–H and O–H groups in total. The average Bonchev–Trinajstić information content (AvgIpc) is 2.47. The zero-order chi connectivity index (χ0) is 19.5. The van der Waals surface area contributed by atoms with E-state index >= 15 is 0 Å². The van der Waals surface area contributed by atoms with Gasteiger partial charge in [-0.25, -0.2) is 19.0 Å². The van der Waals surface area contributed by atoms with Crippen LogP contribution < -0.4 is 5.32 Å². The molecule has 1 amide bonds. The molecule has 2 heterocycles. The lowest BCUT2D eigenvalue weighted by atomic mass is 9.89. The van der Waals surface area contributed by atoms with Crippen molar-refractivity contribution < 1.29 is 18.7 Å².